The molecule has 5 nitrogen and oxygen atoms in total. The lowest BCUT2D eigenvalue weighted by Gasteiger charge is -2.21. The molecule has 1 unspecified atom stereocenters. The van der Waals surface area contributed by atoms with E-state index in [1.807, 2.05) is 39.8 Å². The normalized spacial score (nSPS) is 14.2. The highest BCUT2D eigenvalue weighted by Crippen LogP contribution is 2.31. The Morgan fingerprint density at radius 2 is 2.05 bits per heavy atom. The van der Waals surface area contributed by atoms with Crippen LogP contribution in [0.3, 0.4) is 0 Å². The van der Waals surface area contributed by atoms with Crippen LogP contribution in [0.1, 0.15) is 37.2 Å². The van der Waals surface area contributed by atoms with Crippen molar-refractivity contribution in [1.29, 1.82) is 0 Å². The van der Waals surface area contributed by atoms with E-state index in [-0.39, 0.29) is 0 Å². The molecule has 0 aliphatic heterocycles. The first-order valence-corrected chi connectivity index (χ1v) is 6.67. The lowest BCUT2D eigenvalue weighted by Crippen LogP contribution is -2.24. The van der Waals surface area contributed by atoms with Crippen LogP contribution in [0.2, 0.25) is 0 Å². The second-order valence-electron chi connectivity index (χ2n) is 5.22. The molecule has 2 rings (SSSR count). The second-order valence-corrected chi connectivity index (χ2v) is 5.22. The Balaban J connectivity index is 2.49. The Morgan fingerprint density at radius 1 is 1.35 bits per heavy atom. The Labute approximate surface area is 119 Å². The van der Waals surface area contributed by atoms with Crippen molar-refractivity contribution in [2.75, 3.05) is 12.8 Å². The number of methoxy groups -OCH3 is 1. The zero-order chi connectivity index (χ0) is 14.9. The van der Waals surface area contributed by atoms with Crippen molar-refractivity contribution in [2.24, 2.45) is 0 Å². The Kier molecular flexibility index (Phi) is 3.81. The van der Waals surface area contributed by atoms with Gasteiger partial charge in [-0.25, -0.2) is 0 Å². The van der Waals surface area contributed by atoms with Crippen molar-refractivity contribution in [3.63, 3.8) is 0 Å². The molecule has 2 N–H and O–H groups in total. The summed E-state index contributed by atoms with van der Waals surface area (Å²) in [5.41, 5.74) is 9.11. The number of nitrogens with zero attached hydrogens (tertiary/aromatic N) is 2. The van der Waals surface area contributed by atoms with E-state index in [9.17, 15) is 0 Å². The fraction of sp³-hybridized carbons (Fsp3) is 0.467. The monoisotopic (exact) mass is 275 g/mol. The molecule has 1 heterocycles. The summed E-state index contributed by atoms with van der Waals surface area (Å²) in [5.74, 6) is 1.03. The second kappa shape index (κ2) is 5.25. The molecule has 0 fully saturated rings. The first-order chi connectivity index (χ1) is 9.41. The standard InChI is InChI=1S/C15H21N3O2/c1-6-15(4,19-5)14-17-13(20-18-14)12-8-11(16)7-9(2)10(12)3/h7-8H,6,16H2,1-5H3. The summed E-state index contributed by atoms with van der Waals surface area (Å²) >= 11 is 0. The molecule has 0 saturated heterocycles. The molecule has 1 aromatic carbocycles. The minimum atomic E-state index is -0.537. The van der Waals surface area contributed by atoms with Gasteiger partial charge in [0.1, 0.15) is 5.60 Å². The van der Waals surface area contributed by atoms with E-state index < -0.39 is 5.60 Å². The Hall–Kier alpha value is -1.88. The maximum Gasteiger partial charge on any atom is 0.258 e. The molecule has 0 aliphatic carbocycles. The summed E-state index contributed by atoms with van der Waals surface area (Å²) in [7, 11) is 1.65. The Bertz CT molecular complexity index is 616. The van der Waals surface area contributed by atoms with Gasteiger partial charge in [0, 0.05) is 18.4 Å². The van der Waals surface area contributed by atoms with E-state index in [2.05, 4.69) is 10.1 Å². The van der Waals surface area contributed by atoms with Gasteiger partial charge in [-0.2, -0.15) is 4.98 Å². The number of ether oxygens (including phenoxy) is 1. The lowest BCUT2D eigenvalue weighted by atomic mass is 10.0. The number of rotatable bonds is 4. The summed E-state index contributed by atoms with van der Waals surface area (Å²) in [4.78, 5) is 4.48. The van der Waals surface area contributed by atoms with Gasteiger partial charge in [0.15, 0.2) is 0 Å². The van der Waals surface area contributed by atoms with Gasteiger partial charge in [-0.05, 0) is 50.5 Å². The van der Waals surface area contributed by atoms with Crippen molar-refractivity contribution in [3.8, 4) is 11.5 Å². The zero-order valence-electron chi connectivity index (χ0n) is 12.7. The van der Waals surface area contributed by atoms with E-state index in [4.69, 9.17) is 15.0 Å². The number of nitrogens with two attached hydrogens (primary N) is 1. The van der Waals surface area contributed by atoms with Crippen LogP contribution < -0.4 is 5.73 Å². The number of nitrogen functional groups attached to an aromatic ring is 1. The average molecular weight is 275 g/mol. The van der Waals surface area contributed by atoms with E-state index >= 15 is 0 Å². The first kappa shape index (κ1) is 14.5. The minimum Gasteiger partial charge on any atom is -0.399 e. The van der Waals surface area contributed by atoms with Crippen molar-refractivity contribution in [3.05, 3.63) is 29.1 Å². The quantitative estimate of drug-likeness (QED) is 0.867. The predicted molar refractivity (Wildman–Crippen MR) is 78.3 cm³/mol. The molecule has 0 spiro atoms. The van der Waals surface area contributed by atoms with Gasteiger partial charge in [-0.1, -0.05) is 12.1 Å². The van der Waals surface area contributed by atoms with Crippen LogP contribution >= 0.6 is 0 Å². The van der Waals surface area contributed by atoms with Crippen LogP contribution in [0.4, 0.5) is 5.69 Å². The number of aromatic nitrogens is 2. The molecule has 0 saturated carbocycles. The summed E-state index contributed by atoms with van der Waals surface area (Å²) < 4.78 is 10.9. The molecule has 0 radical (unpaired) electrons. The van der Waals surface area contributed by atoms with Crippen molar-refractivity contribution in [1.82, 2.24) is 10.1 Å². The molecule has 20 heavy (non-hydrogen) atoms. The topological polar surface area (TPSA) is 74.2 Å². The molecule has 0 bridgehead atoms. The maximum atomic E-state index is 5.90. The lowest BCUT2D eigenvalue weighted by molar-refractivity contribution is -0.0106. The first-order valence-electron chi connectivity index (χ1n) is 6.67. The van der Waals surface area contributed by atoms with Gasteiger partial charge >= 0.3 is 0 Å². The molecule has 2 aromatic rings. The smallest absolute Gasteiger partial charge is 0.258 e. The summed E-state index contributed by atoms with van der Waals surface area (Å²) in [6.45, 7) is 8.00. The fourth-order valence-electron chi connectivity index (χ4n) is 2.05. The molecule has 0 amide bonds. The van der Waals surface area contributed by atoms with Gasteiger partial charge in [0.2, 0.25) is 5.82 Å². The van der Waals surface area contributed by atoms with E-state index in [1.165, 1.54) is 0 Å². The van der Waals surface area contributed by atoms with E-state index in [0.29, 0.717) is 17.4 Å². The van der Waals surface area contributed by atoms with Crippen molar-refractivity contribution >= 4 is 5.69 Å². The third-order valence-corrected chi connectivity index (χ3v) is 3.94. The highest BCUT2D eigenvalue weighted by molar-refractivity contribution is 5.66. The van der Waals surface area contributed by atoms with Gasteiger partial charge in [0.05, 0.1) is 0 Å². The van der Waals surface area contributed by atoms with Crippen LogP contribution in [-0.2, 0) is 10.3 Å². The molecular formula is C15H21N3O2. The van der Waals surface area contributed by atoms with Crippen LogP contribution in [0.5, 0.6) is 0 Å². The summed E-state index contributed by atoms with van der Waals surface area (Å²) in [5, 5.41) is 4.05. The van der Waals surface area contributed by atoms with E-state index in [1.54, 1.807) is 7.11 Å². The van der Waals surface area contributed by atoms with Gasteiger partial charge in [-0.3, -0.25) is 0 Å². The summed E-state index contributed by atoms with van der Waals surface area (Å²) in [6.07, 6.45) is 0.761. The molecular weight excluding hydrogens is 254 g/mol. The van der Waals surface area contributed by atoms with Gasteiger partial charge in [0.25, 0.3) is 5.89 Å². The summed E-state index contributed by atoms with van der Waals surface area (Å²) in [6, 6.07) is 3.79. The SMILES string of the molecule is CCC(C)(OC)c1noc(-c2cc(N)cc(C)c2C)n1. The third kappa shape index (κ3) is 2.41. The minimum absolute atomic E-state index is 0.477. The number of hydrogen-bond acceptors (Lipinski definition) is 5. The van der Waals surface area contributed by atoms with Crippen LogP contribution in [0, 0.1) is 13.8 Å². The Morgan fingerprint density at radius 3 is 2.65 bits per heavy atom. The highest BCUT2D eigenvalue weighted by Gasteiger charge is 2.30. The molecule has 108 valence electrons. The van der Waals surface area contributed by atoms with Gasteiger partial charge < -0.3 is 15.0 Å². The van der Waals surface area contributed by atoms with Crippen molar-refractivity contribution in [2.45, 2.75) is 39.7 Å². The number of anilines is 1. The molecule has 5 heteroatoms. The number of aryl methyl sites for hydroxylation is 1. The zero-order valence-corrected chi connectivity index (χ0v) is 12.7. The maximum absolute atomic E-state index is 5.90. The average Bonchev–Trinajstić information content (AvgIpc) is 2.92. The molecule has 1 aromatic heterocycles. The van der Waals surface area contributed by atoms with Gasteiger partial charge in [-0.15, -0.1) is 0 Å². The van der Waals surface area contributed by atoms with Crippen LogP contribution in [-0.4, -0.2) is 17.3 Å². The van der Waals surface area contributed by atoms with Crippen LogP contribution in [0.25, 0.3) is 11.5 Å². The van der Waals surface area contributed by atoms with Crippen LogP contribution in [0.15, 0.2) is 16.7 Å². The van der Waals surface area contributed by atoms with Crippen molar-refractivity contribution < 1.29 is 9.26 Å². The number of benzene rings is 1. The van der Waals surface area contributed by atoms with E-state index in [0.717, 1.165) is 23.1 Å². The molecule has 1 atom stereocenters. The fourth-order valence-corrected chi connectivity index (χ4v) is 2.05. The highest BCUT2D eigenvalue weighted by atomic mass is 16.5. The predicted octanol–water partition coefficient (Wildman–Crippen LogP) is 3.21. The third-order valence-electron chi connectivity index (χ3n) is 3.94. The largest absolute Gasteiger partial charge is 0.399 e. The molecule has 0 aliphatic rings. The number of hydrogen-bond donors (Lipinski definition) is 1.